The van der Waals surface area contributed by atoms with Gasteiger partial charge in [0.2, 0.25) is 11.8 Å². The van der Waals surface area contributed by atoms with Crippen LogP contribution in [-0.4, -0.2) is 59.3 Å². The fraction of sp³-hybridized carbons (Fsp3) is 0.292. The number of nitrogens with one attached hydrogen (secondary N) is 1. The fourth-order valence-electron chi connectivity index (χ4n) is 3.70. The molecule has 2 heterocycles. The molecular formula is C24H23F3N4O3. The molecule has 1 aromatic heterocycles. The van der Waals surface area contributed by atoms with Gasteiger partial charge in [0.05, 0.1) is 18.3 Å². The largest absolute Gasteiger partial charge is 0.441 e. The summed E-state index contributed by atoms with van der Waals surface area (Å²) in [5.74, 6) is -1.60. The van der Waals surface area contributed by atoms with Crippen LogP contribution in [0.2, 0.25) is 0 Å². The van der Waals surface area contributed by atoms with Crippen molar-refractivity contribution in [1.29, 1.82) is 0 Å². The van der Waals surface area contributed by atoms with Crippen LogP contribution in [0.3, 0.4) is 0 Å². The third kappa shape index (κ3) is 6.02. The smallest absolute Gasteiger partial charge is 0.238 e. The third-order valence-corrected chi connectivity index (χ3v) is 5.52. The predicted octanol–water partition coefficient (Wildman–Crippen LogP) is 3.47. The Morgan fingerprint density at radius 2 is 1.68 bits per heavy atom. The molecule has 3 aromatic rings. The lowest BCUT2D eigenvalue weighted by molar-refractivity contribution is -0.133. The van der Waals surface area contributed by atoms with Crippen LogP contribution in [0, 0.1) is 17.5 Å². The molecule has 1 fully saturated rings. The van der Waals surface area contributed by atoms with Crippen molar-refractivity contribution in [1.82, 2.24) is 14.8 Å². The lowest BCUT2D eigenvalue weighted by Crippen LogP contribution is -2.50. The third-order valence-electron chi connectivity index (χ3n) is 5.52. The summed E-state index contributed by atoms with van der Waals surface area (Å²) >= 11 is 0. The SMILES string of the molecule is O=C(CN1CCN(C(=O)CCc2ncc(-c3ccc(F)cc3F)o2)CC1)Nc1ccc(F)cc1. The highest BCUT2D eigenvalue weighted by atomic mass is 19.1. The maximum atomic E-state index is 13.9. The number of oxazole rings is 1. The first kappa shape index (κ1) is 23.5. The number of benzene rings is 2. The van der Waals surface area contributed by atoms with Crippen LogP contribution in [0.4, 0.5) is 18.9 Å². The van der Waals surface area contributed by atoms with Gasteiger partial charge in [-0.05, 0) is 36.4 Å². The Kier molecular flexibility index (Phi) is 7.27. The zero-order valence-electron chi connectivity index (χ0n) is 18.3. The molecule has 34 heavy (non-hydrogen) atoms. The molecule has 0 saturated carbocycles. The van der Waals surface area contributed by atoms with Crippen LogP contribution >= 0.6 is 0 Å². The Bertz CT molecular complexity index is 1160. The Balaban J connectivity index is 1.21. The van der Waals surface area contributed by atoms with E-state index in [2.05, 4.69) is 10.3 Å². The predicted molar refractivity (Wildman–Crippen MR) is 118 cm³/mol. The molecule has 1 N–H and O–H groups in total. The molecule has 0 atom stereocenters. The highest BCUT2D eigenvalue weighted by Crippen LogP contribution is 2.24. The van der Waals surface area contributed by atoms with Crippen molar-refractivity contribution in [3.8, 4) is 11.3 Å². The van der Waals surface area contributed by atoms with Gasteiger partial charge in [0.25, 0.3) is 0 Å². The molecule has 0 aliphatic carbocycles. The second-order valence-electron chi connectivity index (χ2n) is 7.95. The Morgan fingerprint density at radius 3 is 2.38 bits per heavy atom. The first-order valence-corrected chi connectivity index (χ1v) is 10.8. The zero-order chi connectivity index (χ0) is 24.1. The highest BCUT2D eigenvalue weighted by Gasteiger charge is 2.23. The maximum absolute atomic E-state index is 13.9. The minimum absolute atomic E-state index is 0.0665. The van der Waals surface area contributed by atoms with E-state index < -0.39 is 11.6 Å². The number of anilines is 1. The number of carbonyl (C=O) groups excluding carboxylic acids is 2. The lowest BCUT2D eigenvalue weighted by atomic mass is 10.2. The van der Waals surface area contributed by atoms with E-state index in [0.717, 1.165) is 12.1 Å². The Labute approximate surface area is 194 Å². The first-order chi connectivity index (χ1) is 16.4. The number of rotatable bonds is 7. The van der Waals surface area contributed by atoms with Crippen molar-refractivity contribution in [3.05, 3.63) is 72.0 Å². The van der Waals surface area contributed by atoms with Gasteiger partial charge in [0, 0.05) is 50.8 Å². The van der Waals surface area contributed by atoms with Gasteiger partial charge in [-0.3, -0.25) is 14.5 Å². The summed E-state index contributed by atoms with van der Waals surface area (Å²) in [7, 11) is 0. The molecule has 0 unspecified atom stereocenters. The Morgan fingerprint density at radius 1 is 0.971 bits per heavy atom. The minimum Gasteiger partial charge on any atom is -0.441 e. The van der Waals surface area contributed by atoms with E-state index in [9.17, 15) is 22.8 Å². The summed E-state index contributed by atoms with van der Waals surface area (Å²) in [4.78, 5) is 32.5. The van der Waals surface area contributed by atoms with E-state index in [4.69, 9.17) is 4.42 Å². The molecule has 10 heteroatoms. The molecule has 0 bridgehead atoms. The normalized spacial score (nSPS) is 14.3. The zero-order valence-corrected chi connectivity index (χ0v) is 18.3. The molecule has 1 aliphatic rings. The molecule has 7 nitrogen and oxygen atoms in total. The number of nitrogens with zero attached hydrogens (tertiary/aromatic N) is 3. The van der Waals surface area contributed by atoms with E-state index in [1.807, 2.05) is 4.90 Å². The maximum Gasteiger partial charge on any atom is 0.238 e. The summed E-state index contributed by atoms with van der Waals surface area (Å²) < 4.78 is 45.5. The summed E-state index contributed by atoms with van der Waals surface area (Å²) in [5, 5.41) is 2.72. The molecule has 2 amide bonds. The van der Waals surface area contributed by atoms with Crippen molar-refractivity contribution >= 4 is 17.5 Å². The van der Waals surface area contributed by atoms with E-state index in [0.29, 0.717) is 37.8 Å². The van der Waals surface area contributed by atoms with E-state index in [1.165, 1.54) is 36.5 Å². The van der Waals surface area contributed by atoms with Gasteiger partial charge in [-0.15, -0.1) is 0 Å². The van der Waals surface area contributed by atoms with Crippen molar-refractivity contribution in [2.75, 3.05) is 38.0 Å². The number of hydrogen-bond donors (Lipinski definition) is 1. The van der Waals surface area contributed by atoms with E-state index in [-0.39, 0.29) is 48.3 Å². The van der Waals surface area contributed by atoms with Crippen molar-refractivity contribution in [2.24, 2.45) is 0 Å². The van der Waals surface area contributed by atoms with Crippen LogP contribution in [0.1, 0.15) is 12.3 Å². The molecule has 1 aliphatic heterocycles. The van der Waals surface area contributed by atoms with Gasteiger partial charge in [-0.1, -0.05) is 0 Å². The fourth-order valence-corrected chi connectivity index (χ4v) is 3.70. The van der Waals surface area contributed by atoms with Crippen molar-refractivity contribution in [3.63, 3.8) is 0 Å². The lowest BCUT2D eigenvalue weighted by Gasteiger charge is -2.34. The van der Waals surface area contributed by atoms with Gasteiger partial charge in [0.1, 0.15) is 17.5 Å². The van der Waals surface area contributed by atoms with Gasteiger partial charge in [-0.25, -0.2) is 18.2 Å². The number of piperazine rings is 1. The molecule has 2 aromatic carbocycles. The van der Waals surface area contributed by atoms with Crippen LogP contribution in [0.5, 0.6) is 0 Å². The molecule has 178 valence electrons. The second-order valence-corrected chi connectivity index (χ2v) is 7.95. The number of halogens is 3. The van der Waals surface area contributed by atoms with E-state index >= 15 is 0 Å². The second kappa shape index (κ2) is 10.5. The number of aromatic nitrogens is 1. The van der Waals surface area contributed by atoms with Crippen LogP contribution < -0.4 is 5.32 Å². The summed E-state index contributed by atoms with van der Waals surface area (Å²) in [6.45, 7) is 2.25. The number of aryl methyl sites for hydroxylation is 1. The first-order valence-electron chi connectivity index (χ1n) is 10.8. The molecule has 0 radical (unpaired) electrons. The standard InChI is InChI=1S/C24H23F3N4O3/c25-16-1-4-18(5-2-16)29-22(32)15-30-9-11-31(12-10-30)24(33)8-7-23-28-14-21(34-23)19-6-3-17(26)13-20(19)27/h1-6,13-14H,7-12,15H2,(H,29,32). The molecule has 4 rings (SSSR count). The number of amides is 2. The number of hydrogen-bond acceptors (Lipinski definition) is 5. The molecular weight excluding hydrogens is 449 g/mol. The average molecular weight is 472 g/mol. The summed E-state index contributed by atoms with van der Waals surface area (Å²) in [5.41, 5.74) is 0.628. The molecule has 0 spiro atoms. The van der Waals surface area contributed by atoms with Crippen LogP contribution in [0.25, 0.3) is 11.3 Å². The monoisotopic (exact) mass is 472 g/mol. The van der Waals surface area contributed by atoms with Crippen LogP contribution in [-0.2, 0) is 16.0 Å². The molecule has 1 saturated heterocycles. The van der Waals surface area contributed by atoms with E-state index in [1.54, 1.807) is 4.90 Å². The quantitative estimate of drug-likeness (QED) is 0.570. The highest BCUT2D eigenvalue weighted by molar-refractivity contribution is 5.92. The Hall–Kier alpha value is -3.66. The van der Waals surface area contributed by atoms with Gasteiger partial charge >= 0.3 is 0 Å². The summed E-state index contributed by atoms with van der Waals surface area (Å²) in [6, 6.07) is 8.73. The minimum atomic E-state index is -0.747. The topological polar surface area (TPSA) is 78.7 Å². The average Bonchev–Trinajstić information content (AvgIpc) is 3.28. The van der Waals surface area contributed by atoms with Crippen molar-refractivity contribution < 1.29 is 27.2 Å². The van der Waals surface area contributed by atoms with Crippen LogP contribution in [0.15, 0.2) is 53.1 Å². The van der Waals surface area contributed by atoms with Gasteiger partial charge in [0.15, 0.2) is 11.7 Å². The van der Waals surface area contributed by atoms with Crippen molar-refractivity contribution in [2.45, 2.75) is 12.8 Å². The van der Waals surface area contributed by atoms with Gasteiger partial charge in [-0.2, -0.15) is 0 Å². The van der Waals surface area contributed by atoms with Gasteiger partial charge < -0.3 is 14.6 Å². The number of carbonyl (C=O) groups is 2. The summed E-state index contributed by atoms with van der Waals surface area (Å²) in [6.07, 6.45) is 1.78.